The topological polar surface area (TPSA) is 47.6 Å². The molecule has 0 spiro atoms. The second kappa shape index (κ2) is 7.49. The third-order valence-electron chi connectivity index (χ3n) is 3.34. The number of amides is 1. The predicted molar refractivity (Wildman–Crippen MR) is 93.1 cm³/mol. The minimum absolute atomic E-state index is 0.187. The van der Waals surface area contributed by atoms with E-state index < -0.39 is 0 Å². The van der Waals surface area contributed by atoms with Crippen molar-refractivity contribution in [3.8, 4) is 11.5 Å². The summed E-state index contributed by atoms with van der Waals surface area (Å²) in [7, 11) is 3.18. The van der Waals surface area contributed by atoms with Gasteiger partial charge < -0.3 is 14.8 Å². The Morgan fingerprint density at radius 2 is 1.70 bits per heavy atom. The van der Waals surface area contributed by atoms with E-state index in [2.05, 4.69) is 11.4 Å². The molecule has 0 aliphatic rings. The number of hydrogen-bond acceptors (Lipinski definition) is 3. The van der Waals surface area contributed by atoms with Crippen molar-refractivity contribution < 1.29 is 14.3 Å². The number of hydrogen-bond donors (Lipinski definition) is 1. The summed E-state index contributed by atoms with van der Waals surface area (Å²) in [5.74, 6) is 1.17. The van der Waals surface area contributed by atoms with Crippen molar-refractivity contribution in [1.29, 1.82) is 0 Å². The van der Waals surface area contributed by atoms with Crippen LogP contribution in [-0.4, -0.2) is 20.1 Å². The van der Waals surface area contributed by atoms with Gasteiger partial charge in [0.05, 0.1) is 14.2 Å². The molecule has 0 saturated carbocycles. The Balaban J connectivity index is 2.12. The molecule has 0 aliphatic carbocycles. The number of carbonyl (C=O) groups is 1. The van der Waals surface area contributed by atoms with Gasteiger partial charge in [-0.05, 0) is 55.3 Å². The van der Waals surface area contributed by atoms with Gasteiger partial charge in [0.1, 0.15) is 11.5 Å². The number of methoxy groups -OCH3 is 2. The summed E-state index contributed by atoms with van der Waals surface area (Å²) < 4.78 is 10.5. The van der Waals surface area contributed by atoms with Gasteiger partial charge in [-0.2, -0.15) is 0 Å². The number of carbonyl (C=O) groups excluding carboxylic acids is 1. The number of ether oxygens (including phenoxy) is 2. The summed E-state index contributed by atoms with van der Waals surface area (Å²) in [6.45, 7) is 4.00. The molecule has 0 atom stereocenters. The zero-order valence-corrected chi connectivity index (χ0v) is 13.8. The van der Waals surface area contributed by atoms with Crippen LogP contribution in [-0.2, 0) is 4.79 Å². The van der Waals surface area contributed by atoms with Crippen molar-refractivity contribution in [3.63, 3.8) is 0 Å². The van der Waals surface area contributed by atoms with Gasteiger partial charge in [-0.3, -0.25) is 4.79 Å². The molecule has 0 heterocycles. The van der Waals surface area contributed by atoms with E-state index in [1.807, 2.05) is 38.1 Å². The SMILES string of the molecule is COc1ccc(/C=C/C(=O)Nc2cc(C)cc(C)c2)c(OC)c1. The maximum absolute atomic E-state index is 12.1. The van der Waals surface area contributed by atoms with Crippen LogP contribution in [0.15, 0.2) is 42.5 Å². The summed E-state index contributed by atoms with van der Waals surface area (Å²) in [4.78, 5) is 12.1. The standard InChI is InChI=1S/C19H21NO3/c1-13-9-14(2)11-16(10-13)20-19(21)8-6-15-5-7-17(22-3)12-18(15)23-4/h5-12H,1-4H3,(H,20,21)/b8-6+. The molecule has 0 aromatic heterocycles. The number of aryl methyl sites for hydroxylation is 2. The first-order valence-electron chi connectivity index (χ1n) is 7.31. The molecule has 1 amide bonds. The first kappa shape index (κ1) is 16.6. The average molecular weight is 311 g/mol. The van der Waals surface area contributed by atoms with E-state index in [9.17, 15) is 4.79 Å². The van der Waals surface area contributed by atoms with Crippen LogP contribution in [0.1, 0.15) is 16.7 Å². The van der Waals surface area contributed by atoms with Crippen molar-refractivity contribution in [3.05, 3.63) is 59.2 Å². The summed E-state index contributed by atoms with van der Waals surface area (Å²) in [5, 5.41) is 2.86. The zero-order chi connectivity index (χ0) is 16.8. The van der Waals surface area contributed by atoms with Gasteiger partial charge >= 0.3 is 0 Å². The summed E-state index contributed by atoms with van der Waals surface area (Å²) in [6, 6.07) is 11.4. The third kappa shape index (κ3) is 4.61. The highest BCUT2D eigenvalue weighted by Gasteiger charge is 2.04. The van der Waals surface area contributed by atoms with Gasteiger partial charge in [-0.25, -0.2) is 0 Å². The lowest BCUT2D eigenvalue weighted by Crippen LogP contribution is -2.08. The van der Waals surface area contributed by atoms with E-state index in [1.165, 1.54) is 6.08 Å². The van der Waals surface area contributed by atoms with Crippen LogP contribution in [0.5, 0.6) is 11.5 Å². The maximum Gasteiger partial charge on any atom is 0.248 e. The lowest BCUT2D eigenvalue weighted by atomic mass is 10.1. The van der Waals surface area contributed by atoms with Crippen LogP contribution >= 0.6 is 0 Å². The zero-order valence-electron chi connectivity index (χ0n) is 13.8. The van der Waals surface area contributed by atoms with E-state index in [1.54, 1.807) is 26.4 Å². The largest absolute Gasteiger partial charge is 0.497 e. The number of anilines is 1. The summed E-state index contributed by atoms with van der Waals surface area (Å²) in [5.41, 5.74) is 3.82. The van der Waals surface area contributed by atoms with Gasteiger partial charge in [0.25, 0.3) is 0 Å². The monoisotopic (exact) mass is 311 g/mol. The lowest BCUT2D eigenvalue weighted by molar-refractivity contribution is -0.111. The quantitative estimate of drug-likeness (QED) is 0.850. The molecule has 2 aromatic carbocycles. The van der Waals surface area contributed by atoms with Crippen molar-refractivity contribution in [2.45, 2.75) is 13.8 Å². The van der Waals surface area contributed by atoms with E-state index in [4.69, 9.17) is 9.47 Å². The van der Waals surface area contributed by atoms with Crippen LogP contribution in [0.4, 0.5) is 5.69 Å². The fourth-order valence-electron chi connectivity index (χ4n) is 2.35. The molecule has 23 heavy (non-hydrogen) atoms. The molecule has 0 aliphatic heterocycles. The fraction of sp³-hybridized carbons (Fsp3) is 0.211. The second-order valence-corrected chi connectivity index (χ2v) is 5.31. The summed E-state index contributed by atoms with van der Waals surface area (Å²) in [6.07, 6.45) is 3.21. The van der Waals surface area contributed by atoms with E-state index in [0.717, 1.165) is 22.4 Å². The first-order chi connectivity index (χ1) is 11.0. The molecule has 4 nitrogen and oxygen atoms in total. The number of benzene rings is 2. The Hall–Kier alpha value is -2.75. The van der Waals surface area contributed by atoms with Gasteiger partial charge in [0, 0.05) is 23.4 Å². The maximum atomic E-state index is 12.1. The van der Waals surface area contributed by atoms with Crippen LogP contribution in [0.2, 0.25) is 0 Å². The van der Waals surface area contributed by atoms with Crippen LogP contribution in [0, 0.1) is 13.8 Å². The molecular weight excluding hydrogens is 290 g/mol. The first-order valence-corrected chi connectivity index (χ1v) is 7.31. The van der Waals surface area contributed by atoms with Gasteiger partial charge in [0.15, 0.2) is 0 Å². The average Bonchev–Trinajstić information content (AvgIpc) is 2.51. The fourth-order valence-corrected chi connectivity index (χ4v) is 2.35. The summed E-state index contributed by atoms with van der Waals surface area (Å²) >= 11 is 0. The van der Waals surface area contributed by atoms with Crippen LogP contribution in [0.3, 0.4) is 0 Å². The van der Waals surface area contributed by atoms with Gasteiger partial charge in [-0.1, -0.05) is 6.07 Å². The Kier molecular flexibility index (Phi) is 5.41. The molecule has 1 N–H and O–H groups in total. The molecule has 0 bridgehead atoms. The second-order valence-electron chi connectivity index (χ2n) is 5.31. The molecule has 120 valence electrons. The minimum Gasteiger partial charge on any atom is -0.497 e. The Labute approximate surface area is 136 Å². The molecule has 2 rings (SSSR count). The molecule has 0 unspecified atom stereocenters. The molecule has 4 heteroatoms. The van der Waals surface area contributed by atoms with Gasteiger partial charge in [0.2, 0.25) is 5.91 Å². The molecule has 0 radical (unpaired) electrons. The normalized spacial score (nSPS) is 10.6. The number of nitrogens with one attached hydrogen (secondary N) is 1. The third-order valence-corrected chi connectivity index (χ3v) is 3.34. The Morgan fingerprint density at radius 1 is 1.00 bits per heavy atom. The molecule has 0 fully saturated rings. The van der Waals surface area contributed by atoms with E-state index in [0.29, 0.717) is 11.5 Å². The highest BCUT2D eigenvalue weighted by atomic mass is 16.5. The smallest absolute Gasteiger partial charge is 0.248 e. The van der Waals surface area contributed by atoms with Crippen molar-refractivity contribution in [2.24, 2.45) is 0 Å². The van der Waals surface area contributed by atoms with Crippen molar-refractivity contribution in [2.75, 3.05) is 19.5 Å². The van der Waals surface area contributed by atoms with Crippen molar-refractivity contribution >= 4 is 17.7 Å². The molecular formula is C19H21NO3. The highest BCUT2D eigenvalue weighted by Crippen LogP contribution is 2.25. The number of rotatable bonds is 5. The predicted octanol–water partition coefficient (Wildman–Crippen LogP) is 3.97. The minimum atomic E-state index is -0.187. The highest BCUT2D eigenvalue weighted by molar-refractivity contribution is 6.02. The van der Waals surface area contributed by atoms with E-state index >= 15 is 0 Å². The van der Waals surface area contributed by atoms with Crippen molar-refractivity contribution in [1.82, 2.24) is 0 Å². The molecule has 0 saturated heterocycles. The van der Waals surface area contributed by atoms with Crippen LogP contribution in [0.25, 0.3) is 6.08 Å². The van der Waals surface area contributed by atoms with Gasteiger partial charge in [-0.15, -0.1) is 0 Å². The van der Waals surface area contributed by atoms with Crippen LogP contribution < -0.4 is 14.8 Å². The Bertz CT molecular complexity index is 715. The molecule has 2 aromatic rings. The Morgan fingerprint density at radius 3 is 2.30 bits per heavy atom. The lowest BCUT2D eigenvalue weighted by Gasteiger charge is -2.08. The van der Waals surface area contributed by atoms with E-state index in [-0.39, 0.29) is 5.91 Å².